The van der Waals surface area contributed by atoms with E-state index in [4.69, 9.17) is 9.72 Å². The van der Waals surface area contributed by atoms with Gasteiger partial charge in [-0.15, -0.1) is 0 Å². The predicted octanol–water partition coefficient (Wildman–Crippen LogP) is 3.59. The lowest BCUT2D eigenvalue weighted by atomic mass is 10.00. The number of halogens is 1. The summed E-state index contributed by atoms with van der Waals surface area (Å²) in [6, 6.07) is 11.3. The monoisotopic (exact) mass is 549 g/mol. The second-order valence-corrected chi connectivity index (χ2v) is 13.0. The molecule has 11 heteroatoms. The second kappa shape index (κ2) is 9.27. The molecule has 3 aliphatic heterocycles. The molecule has 3 aliphatic rings. The summed E-state index contributed by atoms with van der Waals surface area (Å²) >= 11 is 0. The lowest BCUT2D eigenvalue weighted by molar-refractivity contribution is 0.174. The Morgan fingerprint density at radius 1 is 1.00 bits per heavy atom. The Morgan fingerprint density at radius 2 is 1.74 bits per heavy atom. The van der Waals surface area contributed by atoms with Crippen LogP contribution in [-0.2, 0) is 9.84 Å². The molecule has 2 N–H and O–H groups in total. The third kappa shape index (κ3) is 4.53. The number of nitrogens with zero attached hydrogens (tertiary/aromatic N) is 4. The van der Waals surface area contributed by atoms with E-state index >= 15 is 4.39 Å². The van der Waals surface area contributed by atoms with E-state index in [1.54, 1.807) is 12.3 Å². The lowest BCUT2D eigenvalue weighted by Crippen LogP contribution is -2.51. The molecule has 2 atom stereocenters. The third-order valence-corrected chi connectivity index (χ3v) is 9.75. The van der Waals surface area contributed by atoms with E-state index in [1.165, 1.54) is 6.07 Å². The Morgan fingerprint density at radius 3 is 2.51 bits per heavy atom. The fraction of sp³-hybridized carbons (Fsp3) is 0.393. The van der Waals surface area contributed by atoms with Crippen LogP contribution in [0.5, 0.6) is 11.8 Å². The van der Waals surface area contributed by atoms with E-state index < -0.39 is 15.7 Å². The van der Waals surface area contributed by atoms with Gasteiger partial charge in [0.25, 0.3) is 0 Å². The zero-order valence-electron chi connectivity index (χ0n) is 21.2. The van der Waals surface area contributed by atoms with E-state index in [-0.39, 0.29) is 40.6 Å². The molecule has 0 spiro atoms. The summed E-state index contributed by atoms with van der Waals surface area (Å²) in [6.45, 7) is 1.45. The number of pyridine rings is 1. The minimum Gasteiger partial charge on any atom is -0.508 e. The third-order valence-electron chi connectivity index (χ3n) is 8.04. The fourth-order valence-electron chi connectivity index (χ4n) is 6.10. The maximum Gasteiger partial charge on any atom is 0.319 e. The molecule has 7 rings (SSSR count). The van der Waals surface area contributed by atoms with Crippen molar-refractivity contribution in [2.75, 3.05) is 29.5 Å². The molecule has 3 saturated heterocycles. The SMILES string of the molecule is O=S1(=O)CCC(Oc2nc(N3CC4CCC(C3)N4)c3cnc(-c4cc(O)cc5ccccc45)c(F)c3n2)CC1. The van der Waals surface area contributed by atoms with E-state index in [2.05, 4.69) is 20.2 Å². The first kappa shape index (κ1) is 24.5. The molecule has 2 aromatic carbocycles. The normalized spacial score (nSPS) is 22.9. The number of sulfone groups is 1. The minimum absolute atomic E-state index is 0.0148. The van der Waals surface area contributed by atoms with Gasteiger partial charge >= 0.3 is 6.01 Å². The number of rotatable bonds is 4. The first-order chi connectivity index (χ1) is 18.8. The van der Waals surface area contributed by atoms with Crippen molar-refractivity contribution in [1.82, 2.24) is 20.3 Å². The number of phenolic OH excluding ortho intramolecular Hbond substituents is 1. The smallest absolute Gasteiger partial charge is 0.319 e. The zero-order chi connectivity index (χ0) is 26.7. The average molecular weight is 550 g/mol. The quantitative estimate of drug-likeness (QED) is 0.394. The van der Waals surface area contributed by atoms with E-state index in [0.29, 0.717) is 41.7 Å². The highest BCUT2D eigenvalue weighted by atomic mass is 32.2. The van der Waals surface area contributed by atoms with Crippen LogP contribution in [0, 0.1) is 5.82 Å². The Balaban J connectivity index is 1.36. The van der Waals surface area contributed by atoms with Crippen molar-refractivity contribution in [3.05, 3.63) is 48.4 Å². The molecule has 202 valence electrons. The zero-order valence-corrected chi connectivity index (χ0v) is 22.0. The Hall–Kier alpha value is -3.57. The highest BCUT2D eigenvalue weighted by molar-refractivity contribution is 7.91. The highest BCUT2D eigenvalue weighted by Gasteiger charge is 2.34. The van der Waals surface area contributed by atoms with Crippen molar-refractivity contribution >= 4 is 37.3 Å². The Bertz CT molecular complexity index is 1690. The van der Waals surface area contributed by atoms with Crippen LogP contribution in [-0.4, -0.2) is 71.3 Å². The number of hydrogen-bond acceptors (Lipinski definition) is 9. The second-order valence-electron chi connectivity index (χ2n) is 10.7. The molecule has 0 saturated carbocycles. The van der Waals surface area contributed by atoms with Gasteiger partial charge in [-0.3, -0.25) is 4.98 Å². The van der Waals surface area contributed by atoms with Gasteiger partial charge in [-0.05, 0) is 48.6 Å². The highest BCUT2D eigenvalue weighted by Crippen LogP contribution is 2.37. The van der Waals surface area contributed by atoms with Gasteiger partial charge in [0.2, 0.25) is 0 Å². The lowest BCUT2D eigenvalue weighted by Gasteiger charge is -2.34. The summed E-state index contributed by atoms with van der Waals surface area (Å²) in [6.07, 6.45) is 4.07. The average Bonchev–Trinajstić information content (AvgIpc) is 3.26. The van der Waals surface area contributed by atoms with Crippen LogP contribution in [0.25, 0.3) is 32.9 Å². The van der Waals surface area contributed by atoms with Crippen LogP contribution < -0.4 is 15.0 Å². The molecule has 2 bridgehead atoms. The Labute approximate surface area is 225 Å². The summed E-state index contributed by atoms with van der Waals surface area (Å²) < 4.78 is 46.3. The van der Waals surface area contributed by atoms with E-state index in [9.17, 15) is 13.5 Å². The van der Waals surface area contributed by atoms with E-state index in [0.717, 1.165) is 36.7 Å². The number of fused-ring (bicyclic) bond motifs is 4. The number of phenols is 1. The molecule has 4 aromatic rings. The van der Waals surface area contributed by atoms with Crippen LogP contribution in [0.2, 0.25) is 0 Å². The van der Waals surface area contributed by atoms with Crippen molar-refractivity contribution < 1.29 is 22.7 Å². The molecule has 5 heterocycles. The van der Waals surface area contributed by atoms with Crippen molar-refractivity contribution in [3.8, 4) is 23.0 Å². The maximum atomic E-state index is 16.4. The van der Waals surface area contributed by atoms with E-state index in [1.807, 2.05) is 24.3 Å². The molecule has 0 amide bonds. The Kier molecular flexibility index (Phi) is 5.82. The van der Waals surface area contributed by atoms with Gasteiger partial charge in [-0.2, -0.15) is 9.97 Å². The molecule has 3 fully saturated rings. The molecule has 39 heavy (non-hydrogen) atoms. The van der Waals surface area contributed by atoms with Gasteiger partial charge in [0.05, 0.1) is 16.9 Å². The predicted molar refractivity (Wildman–Crippen MR) is 146 cm³/mol. The van der Waals surface area contributed by atoms with Crippen LogP contribution in [0.1, 0.15) is 25.7 Å². The summed E-state index contributed by atoms with van der Waals surface area (Å²) in [5.41, 5.74) is 0.626. The number of nitrogens with one attached hydrogen (secondary N) is 1. The summed E-state index contributed by atoms with van der Waals surface area (Å²) in [5, 5.41) is 16.0. The maximum absolute atomic E-state index is 16.4. The number of anilines is 1. The molecule has 2 aromatic heterocycles. The topological polar surface area (TPSA) is 118 Å². The van der Waals surface area contributed by atoms with Crippen LogP contribution in [0.3, 0.4) is 0 Å². The number of hydrogen-bond donors (Lipinski definition) is 2. The van der Waals surface area contributed by atoms with Crippen molar-refractivity contribution in [3.63, 3.8) is 0 Å². The number of piperazine rings is 1. The van der Waals surface area contributed by atoms with Crippen LogP contribution >= 0.6 is 0 Å². The molecule has 0 aliphatic carbocycles. The van der Waals surface area contributed by atoms with Crippen LogP contribution in [0.4, 0.5) is 10.2 Å². The molecular formula is C28H28FN5O4S. The van der Waals surface area contributed by atoms with Gasteiger partial charge in [-0.25, -0.2) is 12.8 Å². The van der Waals surface area contributed by atoms with Crippen molar-refractivity contribution in [2.24, 2.45) is 0 Å². The van der Waals surface area contributed by atoms with Crippen molar-refractivity contribution in [2.45, 2.75) is 43.9 Å². The molecule has 2 unspecified atom stereocenters. The summed E-state index contributed by atoms with van der Waals surface area (Å²) in [5.74, 6) is 0.0518. The van der Waals surface area contributed by atoms with Crippen LogP contribution in [0.15, 0.2) is 42.6 Å². The minimum atomic E-state index is -3.06. The number of ether oxygens (including phenoxy) is 1. The van der Waals surface area contributed by atoms with Crippen molar-refractivity contribution in [1.29, 1.82) is 0 Å². The van der Waals surface area contributed by atoms with Gasteiger partial charge < -0.3 is 20.1 Å². The number of aromatic nitrogens is 3. The number of aromatic hydroxyl groups is 1. The summed E-state index contributed by atoms with van der Waals surface area (Å²) in [4.78, 5) is 15.9. The standard InChI is InChI=1S/C28H28FN5O4S/c29-24-25(22-12-19(35)11-16-3-1-2-4-21(16)22)30-13-23-26(24)32-28(38-20-7-9-39(36,37)10-8-20)33-27(23)34-14-17-5-6-18(15-34)31-17/h1-4,11-13,17-18,20,31,35H,5-10,14-15H2. The van der Waals surface area contributed by atoms with Gasteiger partial charge in [0, 0.05) is 36.9 Å². The molecule has 9 nitrogen and oxygen atoms in total. The number of benzene rings is 2. The largest absolute Gasteiger partial charge is 0.508 e. The van der Waals surface area contributed by atoms with Gasteiger partial charge in [-0.1, -0.05) is 24.3 Å². The first-order valence-corrected chi connectivity index (χ1v) is 15.1. The fourth-order valence-corrected chi connectivity index (χ4v) is 7.55. The van der Waals surface area contributed by atoms with Gasteiger partial charge in [0.1, 0.15) is 28.9 Å². The first-order valence-electron chi connectivity index (χ1n) is 13.3. The van der Waals surface area contributed by atoms with Gasteiger partial charge in [0.15, 0.2) is 15.7 Å². The summed E-state index contributed by atoms with van der Waals surface area (Å²) in [7, 11) is -3.06. The molecule has 0 radical (unpaired) electrons. The molecular weight excluding hydrogens is 521 g/mol.